The van der Waals surface area contributed by atoms with E-state index in [0.717, 1.165) is 24.5 Å². The van der Waals surface area contributed by atoms with Crippen molar-refractivity contribution in [2.45, 2.75) is 18.4 Å². The predicted molar refractivity (Wildman–Crippen MR) is 126 cm³/mol. The van der Waals surface area contributed by atoms with Crippen LogP contribution in [0.4, 0.5) is 4.39 Å². The fraction of sp³-hybridized carbons (Fsp3) is 0.318. The normalized spacial score (nSPS) is 19.2. The van der Waals surface area contributed by atoms with E-state index < -0.39 is 39.1 Å². The first kappa shape index (κ1) is 24.7. The van der Waals surface area contributed by atoms with Gasteiger partial charge in [-0.3, -0.25) is 8.98 Å². The van der Waals surface area contributed by atoms with E-state index in [1.807, 2.05) is 4.90 Å². The number of phenols is 2. The molecule has 182 valence electrons. The van der Waals surface area contributed by atoms with Gasteiger partial charge in [-0.2, -0.15) is 8.42 Å². The maximum atomic E-state index is 14.1. The highest BCUT2D eigenvalue weighted by molar-refractivity contribution is 7.85. The summed E-state index contributed by atoms with van der Waals surface area (Å²) >= 11 is 12.0. The highest BCUT2D eigenvalue weighted by atomic mass is 35.5. The van der Waals surface area contributed by atoms with Gasteiger partial charge < -0.3 is 19.5 Å². The van der Waals surface area contributed by atoms with Crippen molar-refractivity contribution in [2.75, 3.05) is 26.5 Å². The maximum Gasteiger partial charge on any atom is 0.264 e. The molecule has 3 aromatic rings. The van der Waals surface area contributed by atoms with Crippen LogP contribution in [0.2, 0.25) is 10.0 Å². The Morgan fingerprint density at radius 2 is 1.88 bits per heavy atom. The smallest absolute Gasteiger partial charge is 0.264 e. The Morgan fingerprint density at radius 3 is 2.56 bits per heavy atom. The van der Waals surface area contributed by atoms with Gasteiger partial charge in [0.1, 0.15) is 34.0 Å². The molecule has 0 spiro atoms. The minimum atomic E-state index is -3.73. The van der Waals surface area contributed by atoms with E-state index in [1.165, 1.54) is 6.07 Å². The van der Waals surface area contributed by atoms with Gasteiger partial charge in [0.15, 0.2) is 5.43 Å². The van der Waals surface area contributed by atoms with Crippen molar-refractivity contribution in [3.63, 3.8) is 0 Å². The number of halogens is 3. The lowest BCUT2D eigenvalue weighted by atomic mass is 9.89. The quantitative estimate of drug-likeness (QED) is 0.373. The molecule has 0 saturated carbocycles. The minimum absolute atomic E-state index is 0.0276. The average molecular weight is 532 g/mol. The van der Waals surface area contributed by atoms with E-state index in [1.54, 1.807) is 7.05 Å². The first-order valence-electron chi connectivity index (χ1n) is 10.1. The second kappa shape index (κ2) is 9.01. The van der Waals surface area contributed by atoms with Gasteiger partial charge in [-0.15, -0.1) is 0 Å². The number of likely N-dealkylation sites (tertiary alicyclic amines) is 1. The molecule has 0 amide bonds. The minimum Gasteiger partial charge on any atom is -0.507 e. The van der Waals surface area contributed by atoms with Crippen molar-refractivity contribution >= 4 is 44.3 Å². The predicted octanol–water partition coefficient (Wildman–Crippen LogP) is 4.08. The van der Waals surface area contributed by atoms with Gasteiger partial charge in [-0.25, -0.2) is 4.39 Å². The largest absolute Gasteiger partial charge is 0.507 e. The fourth-order valence-electron chi connectivity index (χ4n) is 4.31. The Bertz CT molecular complexity index is 1460. The van der Waals surface area contributed by atoms with E-state index in [-0.39, 0.29) is 50.3 Å². The van der Waals surface area contributed by atoms with E-state index >= 15 is 0 Å². The Labute approximate surface area is 204 Å². The van der Waals surface area contributed by atoms with Gasteiger partial charge in [0.05, 0.1) is 22.9 Å². The summed E-state index contributed by atoms with van der Waals surface area (Å²) in [6, 6.07) is 3.80. The number of likely N-dealkylation sites (N-methyl/N-ethyl adjacent to an activating group) is 1. The molecule has 2 N–H and O–H groups in total. The number of phenolic OH excluding ortho intramolecular Hbond substituents is 2. The van der Waals surface area contributed by atoms with Crippen LogP contribution in [0.5, 0.6) is 11.5 Å². The third kappa shape index (κ3) is 4.60. The number of hydrogen-bond donors (Lipinski definition) is 2. The third-order valence-electron chi connectivity index (χ3n) is 5.92. The van der Waals surface area contributed by atoms with Crippen LogP contribution >= 0.6 is 23.2 Å². The Hall–Kier alpha value is -2.37. The summed E-state index contributed by atoms with van der Waals surface area (Å²) in [6.45, 7) is 0.350. The van der Waals surface area contributed by atoms with Crippen molar-refractivity contribution in [1.82, 2.24) is 4.90 Å². The summed E-state index contributed by atoms with van der Waals surface area (Å²) in [4.78, 5) is 14.8. The monoisotopic (exact) mass is 531 g/mol. The van der Waals surface area contributed by atoms with Crippen LogP contribution in [0.25, 0.3) is 22.3 Å². The molecule has 4 rings (SSSR count). The second-order valence-electron chi connectivity index (χ2n) is 8.19. The Kier molecular flexibility index (Phi) is 6.56. The third-order valence-corrected chi connectivity index (χ3v) is 7.09. The molecule has 1 saturated heterocycles. The number of aromatic hydroxyl groups is 2. The lowest BCUT2D eigenvalue weighted by molar-refractivity contribution is 0.193. The first-order chi connectivity index (χ1) is 15.9. The molecule has 8 nitrogen and oxygen atoms in total. The van der Waals surface area contributed by atoms with E-state index in [2.05, 4.69) is 0 Å². The van der Waals surface area contributed by atoms with Gasteiger partial charge in [0, 0.05) is 35.2 Å². The molecule has 1 aliphatic heterocycles. The number of fused-ring (bicyclic) bond motifs is 1. The number of nitrogens with zero attached hydrogens (tertiary/aromatic N) is 1. The molecule has 1 aliphatic rings. The van der Waals surface area contributed by atoms with Gasteiger partial charge in [0.2, 0.25) is 0 Å². The van der Waals surface area contributed by atoms with Gasteiger partial charge >= 0.3 is 0 Å². The lowest BCUT2D eigenvalue weighted by Gasteiger charge is -2.25. The molecule has 0 radical (unpaired) electrons. The second-order valence-corrected chi connectivity index (χ2v) is 10.6. The summed E-state index contributed by atoms with van der Waals surface area (Å²) in [5.74, 6) is -2.23. The maximum absolute atomic E-state index is 14.1. The molecule has 2 heterocycles. The number of rotatable bonds is 5. The number of benzene rings is 2. The zero-order chi connectivity index (χ0) is 24.9. The summed E-state index contributed by atoms with van der Waals surface area (Å²) in [5, 5.41) is 20.8. The van der Waals surface area contributed by atoms with Crippen molar-refractivity contribution in [2.24, 2.45) is 0 Å². The summed E-state index contributed by atoms with van der Waals surface area (Å²) in [5.41, 5.74) is -0.506. The Morgan fingerprint density at radius 1 is 1.18 bits per heavy atom. The van der Waals surface area contributed by atoms with E-state index in [0.29, 0.717) is 13.0 Å². The first-order valence-corrected chi connectivity index (χ1v) is 12.7. The highest BCUT2D eigenvalue weighted by Crippen LogP contribution is 2.45. The van der Waals surface area contributed by atoms with Crippen LogP contribution in [0.15, 0.2) is 33.5 Å². The zero-order valence-electron chi connectivity index (χ0n) is 18.0. The van der Waals surface area contributed by atoms with Crippen LogP contribution in [0.3, 0.4) is 0 Å². The summed E-state index contributed by atoms with van der Waals surface area (Å²) in [6.07, 6.45) is 1.41. The molecular weight excluding hydrogens is 512 g/mol. The summed E-state index contributed by atoms with van der Waals surface area (Å²) in [7, 11) is -1.95. The van der Waals surface area contributed by atoms with Gasteiger partial charge in [-0.05, 0) is 32.1 Å². The van der Waals surface area contributed by atoms with Gasteiger partial charge in [0.25, 0.3) is 10.1 Å². The highest BCUT2D eigenvalue weighted by Gasteiger charge is 2.38. The standard InChI is InChI=1S/C22H20Cl2FNO7S/c1-26-4-3-10(15(26)9-32-34(2,30)31)20-16(27)7-17(28)21-18(29)8-19(33-22(20)21)11-5-14(25)13(24)6-12(11)23/h5-8,10,15,27-28H,3-4,9H2,1-2H3/t10-,15+/m0/s1. The molecule has 0 aliphatic carbocycles. The van der Waals surface area contributed by atoms with Crippen LogP contribution in [0.1, 0.15) is 17.9 Å². The molecule has 34 heavy (non-hydrogen) atoms. The Balaban J connectivity index is 1.94. The van der Waals surface area contributed by atoms with Crippen molar-refractivity contribution < 1.29 is 31.6 Å². The van der Waals surface area contributed by atoms with E-state index in [9.17, 15) is 27.8 Å². The lowest BCUT2D eigenvalue weighted by Crippen LogP contribution is -2.34. The number of hydrogen-bond acceptors (Lipinski definition) is 8. The zero-order valence-corrected chi connectivity index (χ0v) is 20.3. The van der Waals surface area contributed by atoms with Crippen LogP contribution < -0.4 is 5.43 Å². The molecule has 0 unspecified atom stereocenters. The molecular formula is C22H20Cl2FNO7S. The molecule has 2 atom stereocenters. The molecule has 1 fully saturated rings. The van der Waals surface area contributed by atoms with E-state index in [4.69, 9.17) is 31.8 Å². The van der Waals surface area contributed by atoms with Gasteiger partial charge in [-0.1, -0.05) is 23.2 Å². The SMILES string of the molecule is CN1CC[C@H](c2c(O)cc(O)c3c(=O)cc(-c4cc(F)c(Cl)cc4Cl)oc23)[C@H]1COS(C)(=O)=O. The van der Waals surface area contributed by atoms with Crippen molar-refractivity contribution in [3.8, 4) is 22.8 Å². The molecule has 1 aromatic heterocycles. The van der Waals surface area contributed by atoms with Crippen molar-refractivity contribution in [1.29, 1.82) is 0 Å². The van der Waals surface area contributed by atoms with Crippen LogP contribution in [0, 0.1) is 5.82 Å². The van der Waals surface area contributed by atoms with Crippen molar-refractivity contribution in [3.05, 3.63) is 55.9 Å². The average Bonchev–Trinajstić information content (AvgIpc) is 3.08. The fourth-order valence-corrected chi connectivity index (χ4v) is 5.17. The molecule has 2 aromatic carbocycles. The topological polar surface area (TPSA) is 117 Å². The van der Waals surface area contributed by atoms with Crippen LogP contribution in [-0.2, 0) is 14.3 Å². The molecule has 0 bridgehead atoms. The molecule has 12 heteroatoms. The van der Waals surface area contributed by atoms with Crippen LogP contribution in [-0.4, -0.2) is 56.0 Å². The summed E-state index contributed by atoms with van der Waals surface area (Å²) < 4.78 is 48.2.